The molecular formula is C28H15NS. The van der Waals surface area contributed by atoms with Crippen LogP contribution in [0.5, 0.6) is 0 Å². The van der Waals surface area contributed by atoms with E-state index in [0.29, 0.717) is 0 Å². The summed E-state index contributed by atoms with van der Waals surface area (Å²) in [5, 5.41) is 8.15. The lowest BCUT2D eigenvalue weighted by atomic mass is 9.91. The highest BCUT2D eigenvalue weighted by atomic mass is 32.1. The van der Waals surface area contributed by atoms with Crippen LogP contribution in [0.2, 0.25) is 0 Å². The lowest BCUT2D eigenvalue weighted by molar-refractivity contribution is 1.56. The highest BCUT2D eigenvalue weighted by molar-refractivity contribution is 7.26. The number of thiophene rings is 1. The van der Waals surface area contributed by atoms with Crippen molar-refractivity contribution in [3.63, 3.8) is 0 Å². The smallest absolute Gasteiger partial charge is 0.0486 e. The fraction of sp³-hybridized carbons (Fsp3) is 0. The van der Waals surface area contributed by atoms with Gasteiger partial charge in [0.05, 0.1) is 0 Å². The van der Waals surface area contributed by atoms with Crippen LogP contribution in [0.25, 0.3) is 75.0 Å². The van der Waals surface area contributed by atoms with Gasteiger partial charge in [-0.05, 0) is 45.7 Å². The van der Waals surface area contributed by atoms with Gasteiger partial charge in [-0.3, -0.25) is 0 Å². The van der Waals surface area contributed by atoms with E-state index in [9.17, 15) is 0 Å². The van der Waals surface area contributed by atoms with E-state index < -0.39 is 0 Å². The largest absolute Gasteiger partial charge is 0.354 e. The molecule has 1 nitrogen and oxygen atoms in total. The standard InChI is InChI=1S/C28H15NS/c1-2-8-18-16(7-1)17-10-5-6-15-12-13-20-27(24(15)17)28-21(29-20)14-23-25(26(18)28)19-9-3-4-11-22(19)30-23/h1-14,29H. The number of rotatable bonds is 0. The van der Waals surface area contributed by atoms with Crippen LogP contribution in [0, 0.1) is 0 Å². The minimum atomic E-state index is 1.22. The van der Waals surface area contributed by atoms with Gasteiger partial charge in [0.2, 0.25) is 0 Å². The van der Waals surface area contributed by atoms with Gasteiger partial charge in [0.15, 0.2) is 0 Å². The number of aromatic amines is 1. The molecule has 0 radical (unpaired) electrons. The zero-order chi connectivity index (χ0) is 19.4. The second-order valence-corrected chi connectivity index (χ2v) is 9.29. The average Bonchev–Trinajstić information content (AvgIpc) is 3.31. The molecule has 138 valence electrons. The van der Waals surface area contributed by atoms with Crippen molar-refractivity contribution < 1.29 is 0 Å². The summed E-state index contributed by atoms with van der Waals surface area (Å²) in [6.07, 6.45) is 0. The van der Waals surface area contributed by atoms with Crippen LogP contribution in [-0.4, -0.2) is 4.98 Å². The van der Waals surface area contributed by atoms with Crippen LogP contribution in [0.15, 0.2) is 84.9 Å². The van der Waals surface area contributed by atoms with E-state index in [1.807, 2.05) is 11.3 Å². The molecule has 1 N–H and O–H groups in total. The Morgan fingerprint density at radius 3 is 2.33 bits per heavy atom. The number of fused-ring (bicyclic) bond motifs is 7. The number of benzene rings is 5. The Balaban J connectivity index is 1.81. The van der Waals surface area contributed by atoms with E-state index in [-0.39, 0.29) is 0 Å². The molecule has 0 aliphatic heterocycles. The molecule has 0 saturated carbocycles. The van der Waals surface area contributed by atoms with Crippen molar-refractivity contribution in [1.82, 2.24) is 4.98 Å². The van der Waals surface area contributed by atoms with Crippen LogP contribution >= 0.6 is 11.3 Å². The average molecular weight is 398 g/mol. The van der Waals surface area contributed by atoms with Crippen molar-refractivity contribution in [2.24, 2.45) is 0 Å². The molecule has 2 aromatic heterocycles. The molecule has 0 saturated heterocycles. The molecule has 1 aliphatic rings. The van der Waals surface area contributed by atoms with E-state index in [2.05, 4.69) is 89.9 Å². The molecule has 1 aliphatic carbocycles. The predicted molar refractivity (Wildman–Crippen MR) is 131 cm³/mol. The van der Waals surface area contributed by atoms with Gasteiger partial charge >= 0.3 is 0 Å². The fourth-order valence-electron chi connectivity index (χ4n) is 5.56. The second-order valence-electron chi connectivity index (χ2n) is 8.21. The van der Waals surface area contributed by atoms with E-state index in [1.54, 1.807) is 0 Å². The first-order chi connectivity index (χ1) is 14.9. The lowest BCUT2D eigenvalue weighted by Gasteiger charge is -2.12. The zero-order valence-corrected chi connectivity index (χ0v) is 16.8. The fourth-order valence-corrected chi connectivity index (χ4v) is 6.72. The number of nitrogens with one attached hydrogen (secondary N) is 1. The number of hydrogen-bond acceptors (Lipinski definition) is 1. The van der Waals surface area contributed by atoms with Gasteiger partial charge in [-0.15, -0.1) is 11.3 Å². The molecule has 0 bridgehead atoms. The number of aromatic nitrogens is 1. The van der Waals surface area contributed by atoms with Gasteiger partial charge in [0.25, 0.3) is 0 Å². The van der Waals surface area contributed by atoms with Gasteiger partial charge in [-0.1, -0.05) is 66.7 Å². The molecule has 0 atom stereocenters. The molecule has 0 unspecified atom stereocenters. The Labute approximate surface area is 176 Å². The van der Waals surface area contributed by atoms with Gasteiger partial charge in [0.1, 0.15) is 0 Å². The first-order valence-electron chi connectivity index (χ1n) is 10.3. The third-order valence-corrected chi connectivity index (χ3v) is 7.84. The van der Waals surface area contributed by atoms with Crippen LogP contribution < -0.4 is 0 Å². The first-order valence-corrected chi connectivity index (χ1v) is 11.1. The summed E-state index contributed by atoms with van der Waals surface area (Å²) in [6, 6.07) is 31.3. The SMILES string of the molecule is c1ccc2c(c1)-c1cccc3ccc4[nH]c5cc6sc7ccccc7c6c-2c5c4c13. The molecule has 2 heterocycles. The van der Waals surface area contributed by atoms with Crippen molar-refractivity contribution in [2.45, 2.75) is 0 Å². The molecule has 8 rings (SSSR count). The summed E-state index contributed by atoms with van der Waals surface area (Å²) in [4.78, 5) is 3.75. The summed E-state index contributed by atoms with van der Waals surface area (Å²) in [7, 11) is 0. The monoisotopic (exact) mass is 397 g/mol. The molecule has 7 aromatic rings. The third-order valence-electron chi connectivity index (χ3n) is 6.72. The van der Waals surface area contributed by atoms with Crippen LogP contribution in [0.4, 0.5) is 0 Å². The second kappa shape index (κ2) is 5.10. The summed E-state index contributed by atoms with van der Waals surface area (Å²) in [5.74, 6) is 0. The molecule has 5 aromatic carbocycles. The van der Waals surface area contributed by atoms with Crippen molar-refractivity contribution in [2.75, 3.05) is 0 Å². The van der Waals surface area contributed by atoms with Crippen molar-refractivity contribution in [1.29, 1.82) is 0 Å². The summed E-state index contributed by atoms with van der Waals surface area (Å²) in [5.41, 5.74) is 7.83. The van der Waals surface area contributed by atoms with Gasteiger partial charge in [-0.2, -0.15) is 0 Å². The topological polar surface area (TPSA) is 15.8 Å². The van der Waals surface area contributed by atoms with Crippen molar-refractivity contribution in [3.8, 4) is 22.3 Å². The highest BCUT2D eigenvalue weighted by Gasteiger charge is 2.25. The quantitative estimate of drug-likeness (QED) is 0.264. The van der Waals surface area contributed by atoms with Crippen molar-refractivity contribution in [3.05, 3.63) is 84.9 Å². The Morgan fingerprint density at radius 2 is 1.37 bits per heavy atom. The summed E-state index contributed by atoms with van der Waals surface area (Å²) >= 11 is 1.89. The highest BCUT2D eigenvalue weighted by Crippen LogP contribution is 2.52. The number of hydrogen-bond donors (Lipinski definition) is 1. The maximum Gasteiger partial charge on any atom is 0.0486 e. The molecule has 30 heavy (non-hydrogen) atoms. The van der Waals surface area contributed by atoms with Gasteiger partial charge in [0, 0.05) is 47.5 Å². The van der Waals surface area contributed by atoms with Gasteiger partial charge < -0.3 is 4.98 Å². The zero-order valence-electron chi connectivity index (χ0n) is 16.0. The van der Waals surface area contributed by atoms with E-state index >= 15 is 0 Å². The Hall–Kier alpha value is -3.62. The predicted octanol–water partition coefficient (Wildman–Crippen LogP) is 8.49. The minimum Gasteiger partial charge on any atom is -0.354 e. The van der Waals surface area contributed by atoms with Crippen molar-refractivity contribution >= 4 is 64.1 Å². The van der Waals surface area contributed by atoms with Gasteiger partial charge in [-0.25, -0.2) is 0 Å². The normalized spacial score (nSPS) is 12.7. The first kappa shape index (κ1) is 15.3. The molecule has 2 heteroatoms. The van der Waals surface area contributed by atoms with Crippen LogP contribution in [0.3, 0.4) is 0 Å². The van der Waals surface area contributed by atoms with E-state index in [0.717, 1.165) is 0 Å². The maximum atomic E-state index is 3.75. The Kier molecular flexibility index (Phi) is 2.59. The minimum absolute atomic E-state index is 1.22. The Bertz CT molecular complexity index is 1850. The van der Waals surface area contributed by atoms with Crippen LogP contribution in [-0.2, 0) is 0 Å². The third kappa shape index (κ3) is 1.67. The Morgan fingerprint density at radius 1 is 0.533 bits per heavy atom. The lowest BCUT2D eigenvalue weighted by Crippen LogP contribution is -1.86. The maximum absolute atomic E-state index is 3.75. The summed E-state index contributed by atoms with van der Waals surface area (Å²) < 4.78 is 2.70. The van der Waals surface area contributed by atoms with E-state index in [4.69, 9.17) is 0 Å². The molecule has 0 spiro atoms. The number of H-pyrrole nitrogens is 1. The molecule has 0 amide bonds. The van der Waals surface area contributed by atoms with Crippen LogP contribution in [0.1, 0.15) is 0 Å². The van der Waals surface area contributed by atoms with E-state index in [1.165, 1.54) is 75.0 Å². The molecular weight excluding hydrogens is 382 g/mol. The summed E-state index contributed by atoms with van der Waals surface area (Å²) in [6.45, 7) is 0. The molecule has 0 fully saturated rings.